The van der Waals surface area contributed by atoms with Crippen molar-refractivity contribution in [2.24, 2.45) is 0 Å². The Morgan fingerprint density at radius 2 is 2.05 bits per heavy atom. The van der Waals surface area contributed by atoms with E-state index < -0.39 is 28.3 Å². The maximum atomic E-state index is 13.3. The van der Waals surface area contributed by atoms with Crippen molar-refractivity contribution in [2.45, 2.75) is 13.3 Å². The van der Waals surface area contributed by atoms with Gasteiger partial charge in [0.1, 0.15) is 5.82 Å². The van der Waals surface area contributed by atoms with Crippen molar-refractivity contribution in [2.75, 3.05) is 20.2 Å². The number of benzene rings is 1. The first kappa shape index (κ1) is 16.5. The smallest absolute Gasteiger partial charge is 0.307 e. The van der Waals surface area contributed by atoms with E-state index in [9.17, 15) is 24.1 Å². The van der Waals surface area contributed by atoms with E-state index in [1.807, 2.05) is 0 Å². The van der Waals surface area contributed by atoms with Crippen LogP contribution < -0.4 is 0 Å². The second kappa shape index (κ2) is 7.32. The van der Waals surface area contributed by atoms with E-state index in [-0.39, 0.29) is 25.1 Å². The predicted molar refractivity (Wildman–Crippen MR) is 71.3 cm³/mol. The molecule has 0 aliphatic carbocycles. The average molecular weight is 298 g/mol. The minimum atomic E-state index is -0.869. The number of rotatable bonds is 6. The van der Waals surface area contributed by atoms with Crippen molar-refractivity contribution in [3.05, 3.63) is 39.7 Å². The molecule has 0 radical (unpaired) electrons. The molecule has 1 aromatic carbocycles. The van der Waals surface area contributed by atoms with Crippen LogP contribution in [0.3, 0.4) is 0 Å². The van der Waals surface area contributed by atoms with Crippen LogP contribution in [0.2, 0.25) is 0 Å². The van der Waals surface area contributed by atoms with Gasteiger partial charge in [0.05, 0.1) is 24.0 Å². The molecule has 0 bridgehead atoms. The van der Waals surface area contributed by atoms with E-state index in [0.717, 1.165) is 18.2 Å². The normalized spacial score (nSPS) is 10.0. The van der Waals surface area contributed by atoms with Crippen LogP contribution in [-0.2, 0) is 9.53 Å². The fourth-order valence-electron chi connectivity index (χ4n) is 1.62. The third-order valence-electron chi connectivity index (χ3n) is 2.64. The zero-order valence-corrected chi connectivity index (χ0v) is 11.7. The minimum Gasteiger partial charge on any atom is -0.466 e. The van der Waals surface area contributed by atoms with Crippen molar-refractivity contribution in [1.29, 1.82) is 0 Å². The average Bonchev–Trinajstić information content (AvgIpc) is 2.43. The van der Waals surface area contributed by atoms with Crippen LogP contribution in [0, 0.1) is 15.9 Å². The molecule has 0 atom stereocenters. The summed E-state index contributed by atoms with van der Waals surface area (Å²) >= 11 is 0. The lowest BCUT2D eigenvalue weighted by molar-refractivity contribution is -0.385. The Balaban J connectivity index is 2.78. The molecule has 114 valence electrons. The molecule has 0 saturated heterocycles. The van der Waals surface area contributed by atoms with Gasteiger partial charge in [-0.15, -0.1) is 0 Å². The summed E-state index contributed by atoms with van der Waals surface area (Å²) in [5.74, 6) is -1.93. The minimum absolute atomic E-state index is 0.00646. The second-order valence-corrected chi connectivity index (χ2v) is 4.24. The molecule has 1 amide bonds. The Morgan fingerprint density at radius 3 is 2.62 bits per heavy atom. The Kier molecular flexibility index (Phi) is 5.77. The quantitative estimate of drug-likeness (QED) is 0.453. The molecule has 0 aliphatic rings. The van der Waals surface area contributed by atoms with Crippen LogP contribution in [0.4, 0.5) is 10.1 Å². The summed E-state index contributed by atoms with van der Waals surface area (Å²) < 4.78 is 18.0. The molecule has 0 aliphatic heterocycles. The number of hydrogen-bond acceptors (Lipinski definition) is 5. The third kappa shape index (κ3) is 4.83. The van der Waals surface area contributed by atoms with E-state index in [2.05, 4.69) is 0 Å². The van der Waals surface area contributed by atoms with Gasteiger partial charge in [-0.1, -0.05) is 0 Å². The molecule has 1 rings (SSSR count). The number of nitro benzene ring substituents is 1. The molecule has 0 unspecified atom stereocenters. The standard InChI is InChI=1S/C13H15FN2O5/c1-3-21-12(17)4-5-15(2)13(18)9-6-10(14)8-11(7-9)16(19)20/h6-8H,3-5H2,1-2H3. The first-order valence-electron chi connectivity index (χ1n) is 6.21. The molecular formula is C13H15FN2O5. The lowest BCUT2D eigenvalue weighted by Gasteiger charge is -2.16. The highest BCUT2D eigenvalue weighted by Gasteiger charge is 2.18. The summed E-state index contributed by atoms with van der Waals surface area (Å²) in [4.78, 5) is 34.3. The van der Waals surface area contributed by atoms with Gasteiger partial charge in [-0.3, -0.25) is 19.7 Å². The highest BCUT2D eigenvalue weighted by molar-refractivity contribution is 5.94. The number of ether oxygens (including phenoxy) is 1. The summed E-state index contributed by atoms with van der Waals surface area (Å²) in [7, 11) is 1.41. The molecular weight excluding hydrogens is 283 g/mol. The summed E-state index contributed by atoms with van der Waals surface area (Å²) in [6.45, 7) is 1.98. The zero-order valence-electron chi connectivity index (χ0n) is 11.7. The number of carbonyl (C=O) groups is 2. The van der Waals surface area contributed by atoms with Crippen molar-refractivity contribution in [3.63, 3.8) is 0 Å². The number of amides is 1. The number of halogens is 1. The van der Waals surface area contributed by atoms with Gasteiger partial charge in [-0.2, -0.15) is 0 Å². The van der Waals surface area contributed by atoms with Crippen LogP contribution >= 0.6 is 0 Å². The Labute approximate surface area is 120 Å². The first-order chi connectivity index (χ1) is 9.85. The summed E-state index contributed by atoms with van der Waals surface area (Å²) in [6, 6.07) is 2.64. The molecule has 8 heteroatoms. The van der Waals surface area contributed by atoms with E-state index in [1.165, 1.54) is 11.9 Å². The first-order valence-corrected chi connectivity index (χ1v) is 6.21. The van der Waals surface area contributed by atoms with Crippen molar-refractivity contribution in [1.82, 2.24) is 4.90 Å². The molecule has 21 heavy (non-hydrogen) atoms. The van der Waals surface area contributed by atoms with Crippen LogP contribution in [-0.4, -0.2) is 41.9 Å². The maximum Gasteiger partial charge on any atom is 0.307 e. The monoisotopic (exact) mass is 298 g/mol. The fraction of sp³-hybridized carbons (Fsp3) is 0.385. The van der Waals surface area contributed by atoms with Crippen LogP contribution in [0.15, 0.2) is 18.2 Å². The highest BCUT2D eigenvalue weighted by atomic mass is 19.1. The molecule has 0 heterocycles. The van der Waals surface area contributed by atoms with E-state index >= 15 is 0 Å². The maximum absolute atomic E-state index is 13.3. The van der Waals surface area contributed by atoms with Gasteiger partial charge in [0.25, 0.3) is 11.6 Å². The van der Waals surface area contributed by atoms with Crippen LogP contribution in [0.1, 0.15) is 23.7 Å². The molecule has 1 aromatic rings. The number of nitro groups is 1. The number of non-ortho nitro benzene ring substituents is 1. The lowest BCUT2D eigenvalue weighted by Crippen LogP contribution is -2.29. The Hall–Kier alpha value is -2.51. The highest BCUT2D eigenvalue weighted by Crippen LogP contribution is 2.17. The number of esters is 1. The van der Waals surface area contributed by atoms with Crippen molar-refractivity contribution >= 4 is 17.6 Å². The molecule has 0 aromatic heterocycles. The van der Waals surface area contributed by atoms with Gasteiger partial charge in [0, 0.05) is 25.2 Å². The van der Waals surface area contributed by atoms with Crippen molar-refractivity contribution < 1.29 is 23.6 Å². The summed E-state index contributed by atoms with van der Waals surface area (Å²) in [5.41, 5.74) is -0.648. The molecule has 0 N–H and O–H groups in total. The summed E-state index contributed by atoms with van der Waals surface area (Å²) in [6.07, 6.45) is -0.00646. The SMILES string of the molecule is CCOC(=O)CCN(C)C(=O)c1cc(F)cc([N+](=O)[O-])c1. The topological polar surface area (TPSA) is 89.8 Å². The second-order valence-electron chi connectivity index (χ2n) is 4.24. The Morgan fingerprint density at radius 1 is 1.38 bits per heavy atom. The molecule has 7 nitrogen and oxygen atoms in total. The van der Waals surface area contributed by atoms with Crippen molar-refractivity contribution in [3.8, 4) is 0 Å². The van der Waals surface area contributed by atoms with Gasteiger partial charge in [0.15, 0.2) is 0 Å². The molecule has 0 saturated carbocycles. The van der Waals surface area contributed by atoms with Gasteiger partial charge < -0.3 is 9.64 Å². The van der Waals surface area contributed by atoms with Gasteiger partial charge in [0.2, 0.25) is 0 Å². The number of nitrogens with zero attached hydrogens (tertiary/aromatic N) is 2. The largest absolute Gasteiger partial charge is 0.466 e. The van der Waals surface area contributed by atoms with Gasteiger partial charge in [-0.05, 0) is 13.0 Å². The van der Waals surface area contributed by atoms with Gasteiger partial charge >= 0.3 is 5.97 Å². The van der Waals surface area contributed by atoms with E-state index in [1.54, 1.807) is 6.92 Å². The third-order valence-corrected chi connectivity index (χ3v) is 2.64. The molecule has 0 fully saturated rings. The van der Waals surface area contributed by atoms with Crippen LogP contribution in [0.5, 0.6) is 0 Å². The molecule has 0 spiro atoms. The van der Waals surface area contributed by atoms with Crippen LogP contribution in [0.25, 0.3) is 0 Å². The predicted octanol–water partition coefficient (Wildman–Crippen LogP) is 1.76. The fourth-order valence-corrected chi connectivity index (χ4v) is 1.62. The van der Waals surface area contributed by atoms with E-state index in [4.69, 9.17) is 4.74 Å². The Bertz CT molecular complexity index is 561. The summed E-state index contributed by atoms with van der Waals surface area (Å²) in [5, 5.41) is 10.6. The lowest BCUT2D eigenvalue weighted by atomic mass is 10.1. The number of carbonyl (C=O) groups excluding carboxylic acids is 2. The number of hydrogen-bond donors (Lipinski definition) is 0. The zero-order chi connectivity index (χ0) is 16.0. The van der Waals surface area contributed by atoms with E-state index in [0.29, 0.717) is 0 Å². The van der Waals surface area contributed by atoms with Gasteiger partial charge in [-0.25, -0.2) is 4.39 Å².